The minimum atomic E-state index is -4.95. The van der Waals surface area contributed by atoms with Crippen LogP contribution in [0.3, 0.4) is 0 Å². The van der Waals surface area contributed by atoms with E-state index in [-0.39, 0.29) is 11.5 Å². The van der Waals surface area contributed by atoms with Crippen LogP contribution in [0.1, 0.15) is 15.9 Å². The van der Waals surface area contributed by atoms with Crippen LogP contribution in [0.2, 0.25) is 0 Å². The monoisotopic (exact) mass is 656 g/mol. The second-order valence-electron chi connectivity index (χ2n) is 8.02. The van der Waals surface area contributed by atoms with Gasteiger partial charge in [-0.25, -0.2) is 17.2 Å². The van der Waals surface area contributed by atoms with E-state index < -0.39 is 80.1 Å². The molecule has 0 amide bonds. The Morgan fingerprint density at radius 2 is 0.952 bits per heavy atom. The van der Waals surface area contributed by atoms with Crippen molar-refractivity contribution in [3.8, 4) is 11.5 Å². The zero-order valence-corrected chi connectivity index (χ0v) is 24.2. The van der Waals surface area contributed by atoms with Crippen molar-refractivity contribution < 1.29 is 47.2 Å². The van der Waals surface area contributed by atoms with Crippen LogP contribution in [0, 0.1) is 11.6 Å². The fraction of sp³-hybridized carbons (Fsp3) is 0. The summed E-state index contributed by atoms with van der Waals surface area (Å²) < 4.78 is 120. The molecule has 4 rings (SSSR count). The minimum Gasteiger partial charge on any atom is -0.397 e. The molecule has 0 bridgehead atoms. The highest BCUT2D eigenvalue weighted by Gasteiger charge is 2.25. The third kappa shape index (κ3) is 7.55. The molecule has 220 valence electrons. The first-order valence-corrected chi connectivity index (χ1v) is 16.5. The number of ketones is 1. The summed E-state index contributed by atoms with van der Waals surface area (Å²) in [5.74, 6) is -3.64. The smallest absolute Gasteiger partial charge is 0.295 e. The predicted molar refractivity (Wildman–Crippen MR) is 149 cm³/mol. The van der Waals surface area contributed by atoms with Crippen LogP contribution in [0.4, 0.5) is 8.78 Å². The summed E-state index contributed by atoms with van der Waals surface area (Å²) in [4.78, 5) is 10.9. The molecule has 0 saturated carbocycles. The molecule has 0 saturated heterocycles. The molecule has 0 aliphatic heterocycles. The molecule has 0 spiro atoms. The number of hydrogen-bond acceptors (Lipinski definition) is 9. The van der Waals surface area contributed by atoms with Crippen LogP contribution in [0.5, 0.6) is 11.5 Å². The summed E-state index contributed by atoms with van der Waals surface area (Å²) in [6, 6.07) is 19.1. The highest BCUT2D eigenvalue weighted by Crippen LogP contribution is 2.24. The first kappa shape index (κ1) is 30.8. The van der Waals surface area contributed by atoms with Gasteiger partial charge in [0.15, 0.2) is 5.78 Å². The first-order valence-electron chi connectivity index (χ1n) is 11.4. The van der Waals surface area contributed by atoms with Crippen molar-refractivity contribution >= 4 is 47.6 Å². The van der Waals surface area contributed by atoms with E-state index in [1.165, 1.54) is 48.5 Å². The van der Waals surface area contributed by atoms with Crippen molar-refractivity contribution in [3.05, 3.63) is 120 Å². The quantitative estimate of drug-likeness (QED) is 0.191. The third-order valence-corrected chi connectivity index (χ3v) is 10.4. The Morgan fingerprint density at radius 3 is 1.31 bits per heavy atom. The van der Waals surface area contributed by atoms with Crippen molar-refractivity contribution in [2.45, 2.75) is 9.79 Å². The first-order chi connectivity index (χ1) is 19.9. The molecule has 0 heterocycles. The van der Waals surface area contributed by atoms with E-state index in [9.17, 15) is 38.8 Å². The molecule has 4 aromatic rings. The van der Waals surface area contributed by atoms with Crippen molar-refractivity contribution in [3.63, 3.8) is 0 Å². The van der Waals surface area contributed by atoms with Gasteiger partial charge in [-0.3, -0.25) is 4.79 Å². The van der Waals surface area contributed by atoms with Crippen LogP contribution in [-0.4, -0.2) is 31.0 Å². The van der Waals surface area contributed by atoms with Crippen molar-refractivity contribution in [2.24, 2.45) is 7.54 Å². The van der Waals surface area contributed by atoms with Crippen molar-refractivity contribution in [1.29, 1.82) is 0 Å². The van der Waals surface area contributed by atoms with Gasteiger partial charge < -0.3 is 8.37 Å². The molecular weight excluding hydrogens is 639 g/mol. The van der Waals surface area contributed by atoms with Crippen molar-refractivity contribution in [2.75, 3.05) is 0 Å². The Morgan fingerprint density at radius 1 is 0.595 bits per heavy atom. The molecular formula is C25H18F2N2O9S4. The maximum absolute atomic E-state index is 14.5. The molecule has 0 radical (unpaired) electrons. The standard InChI is InChI=1S/C25H18F2N2O9S4/c26-21-13-11-17(15-23(21)41(33,34)28-39(31)37-19-7-3-1-4-8-19)25(30)18-12-14-22(27)24(16-18)42(35,36)29-40(32)38-20-9-5-2-6-10-20/h1-16,39-40H. The Kier molecular flexibility index (Phi) is 9.35. The van der Waals surface area contributed by atoms with Crippen LogP contribution >= 0.6 is 0 Å². The second kappa shape index (κ2) is 12.8. The van der Waals surface area contributed by atoms with E-state index in [2.05, 4.69) is 7.54 Å². The highest BCUT2D eigenvalue weighted by molar-refractivity contribution is 7.95. The summed E-state index contributed by atoms with van der Waals surface area (Å²) in [7, 11) is -16.3. The van der Waals surface area contributed by atoms with Crippen LogP contribution in [0.15, 0.2) is 114 Å². The van der Waals surface area contributed by atoms with E-state index in [1.54, 1.807) is 12.1 Å². The number of hydrogen-bond donors (Lipinski definition) is 2. The number of rotatable bonds is 10. The van der Waals surface area contributed by atoms with Crippen LogP contribution in [-0.2, 0) is 41.8 Å². The van der Waals surface area contributed by atoms with Gasteiger partial charge in [0, 0.05) is 11.1 Å². The maximum Gasteiger partial charge on any atom is 0.295 e. The van der Waals surface area contributed by atoms with Gasteiger partial charge in [-0.1, -0.05) is 43.9 Å². The van der Waals surface area contributed by atoms with E-state index in [0.29, 0.717) is 24.3 Å². The Labute approximate surface area is 242 Å². The summed E-state index contributed by atoms with van der Waals surface area (Å²) >= 11 is 0. The Bertz CT molecular complexity index is 1900. The SMILES string of the molecule is O=C(c1ccc(F)c(S(=O)(=O)/N=[SH](=O)\Oc2ccccc2)c1)c1ccc(F)c(S(=O)(=O)/N=[SH](=O)\Oc2ccccc2)c1. The minimum absolute atomic E-state index is 0.0342. The molecule has 0 N–H and O–H groups in total. The number of nitrogens with zero attached hydrogens (tertiary/aromatic N) is 2. The second-order valence-corrected chi connectivity index (χ2v) is 13.4. The average molecular weight is 657 g/mol. The molecule has 17 heteroatoms. The molecule has 0 fully saturated rings. The van der Waals surface area contributed by atoms with Crippen LogP contribution < -0.4 is 8.37 Å². The average Bonchev–Trinajstić information content (AvgIpc) is 2.93. The topological polar surface area (TPSA) is 163 Å². The number of halogens is 2. The number of carbonyl (C=O) groups excluding carboxylic acids is 1. The zero-order chi connectivity index (χ0) is 30.5. The fourth-order valence-electron chi connectivity index (χ4n) is 3.29. The molecule has 0 aliphatic carbocycles. The number of sulfonamides is 2. The van der Waals surface area contributed by atoms with E-state index in [4.69, 9.17) is 8.37 Å². The molecule has 42 heavy (non-hydrogen) atoms. The van der Waals surface area contributed by atoms with Gasteiger partial charge in [-0.2, -0.15) is 16.8 Å². The van der Waals surface area contributed by atoms with E-state index >= 15 is 0 Å². The summed E-state index contributed by atoms with van der Waals surface area (Å²) in [6.45, 7) is 0. The number of benzene rings is 4. The Balaban J connectivity index is 1.64. The highest BCUT2D eigenvalue weighted by atomic mass is 32.3. The van der Waals surface area contributed by atoms with Gasteiger partial charge >= 0.3 is 0 Å². The number of thiol groups is 2. The zero-order valence-electron chi connectivity index (χ0n) is 20.8. The van der Waals surface area contributed by atoms with E-state index in [1.807, 2.05) is 0 Å². The molecule has 2 unspecified atom stereocenters. The summed E-state index contributed by atoms with van der Waals surface area (Å²) in [6.07, 6.45) is 0. The summed E-state index contributed by atoms with van der Waals surface area (Å²) in [5, 5.41) is 0. The molecule has 11 nitrogen and oxygen atoms in total. The lowest BCUT2D eigenvalue weighted by atomic mass is 10.0. The lowest BCUT2D eigenvalue weighted by Gasteiger charge is -2.07. The fourth-order valence-corrected chi connectivity index (χ4v) is 7.45. The summed E-state index contributed by atoms with van der Waals surface area (Å²) in [5.41, 5.74) is -0.926. The number of para-hydroxylation sites is 2. The third-order valence-electron chi connectivity index (χ3n) is 5.14. The molecule has 0 aromatic heterocycles. The lowest BCUT2D eigenvalue weighted by Crippen LogP contribution is -2.09. The molecule has 0 aliphatic rings. The van der Waals surface area contributed by atoms with E-state index in [0.717, 1.165) is 12.1 Å². The van der Waals surface area contributed by atoms with Gasteiger partial charge in [-0.15, -0.1) is 0 Å². The molecule has 4 aromatic carbocycles. The van der Waals surface area contributed by atoms with Crippen LogP contribution in [0.25, 0.3) is 0 Å². The lowest BCUT2D eigenvalue weighted by molar-refractivity contribution is 0.103. The van der Waals surface area contributed by atoms with Gasteiger partial charge in [0.05, 0.1) is 0 Å². The van der Waals surface area contributed by atoms with Gasteiger partial charge in [-0.05, 0) is 60.7 Å². The number of carbonyl (C=O) groups is 1. The predicted octanol–water partition coefficient (Wildman–Crippen LogP) is 3.89. The van der Waals surface area contributed by atoms with Gasteiger partial charge in [0.1, 0.15) is 32.9 Å². The largest absolute Gasteiger partial charge is 0.397 e. The van der Waals surface area contributed by atoms with Crippen molar-refractivity contribution in [1.82, 2.24) is 0 Å². The Hall–Kier alpha value is -4.19. The van der Waals surface area contributed by atoms with Gasteiger partial charge in [0.2, 0.25) is 21.8 Å². The normalized spacial score (nSPS) is 13.4. The molecule has 2 atom stereocenters. The van der Waals surface area contributed by atoms with Gasteiger partial charge in [0.25, 0.3) is 20.0 Å². The maximum atomic E-state index is 14.5.